The van der Waals surface area contributed by atoms with E-state index in [9.17, 15) is 0 Å². The molecule has 1 nitrogen and oxygen atoms in total. The number of rotatable bonds is 6. The molecule has 0 saturated heterocycles. The van der Waals surface area contributed by atoms with Gasteiger partial charge in [-0.05, 0) is 71.7 Å². The number of hydrogen-bond acceptors (Lipinski definition) is 1. The minimum atomic E-state index is 0.302. The average Bonchev–Trinajstić information content (AvgIpc) is 2.48. The van der Waals surface area contributed by atoms with Crippen LogP contribution in [0.5, 0.6) is 0 Å². The fourth-order valence-electron chi connectivity index (χ4n) is 2.43. The Morgan fingerprint density at radius 3 is 2.62 bits per heavy atom. The fraction of sp³-hybridized carbons (Fsp3) is 0.333. The smallest absolute Gasteiger partial charge is 0.0438 e. The lowest BCUT2D eigenvalue weighted by atomic mass is 9.97. The number of benzene rings is 2. The molecule has 0 amide bonds. The van der Waals surface area contributed by atoms with E-state index in [1.807, 2.05) is 12.1 Å². The Kier molecular flexibility index (Phi) is 6.52. The summed E-state index contributed by atoms with van der Waals surface area (Å²) < 4.78 is 1.34. The molecule has 0 aliphatic rings. The van der Waals surface area contributed by atoms with Crippen molar-refractivity contribution in [2.45, 2.75) is 32.7 Å². The Morgan fingerprint density at radius 1 is 1.14 bits per heavy atom. The molecule has 0 saturated carbocycles. The lowest BCUT2D eigenvalue weighted by molar-refractivity contribution is 0.527. The van der Waals surface area contributed by atoms with E-state index in [1.165, 1.54) is 20.3 Å². The monoisotopic (exact) mass is 413 g/mol. The van der Waals surface area contributed by atoms with Crippen molar-refractivity contribution in [3.05, 3.63) is 67.7 Å². The van der Waals surface area contributed by atoms with Crippen LogP contribution in [-0.2, 0) is 6.42 Å². The van der Waals surface area contributed by atoms with Gasteiger partial charge in [0.15, 0.2) is 0 Å². The third-order valence-electron chi connectivity index (χ3n) is 3.62. The highest BCUT2D eigenvalue weighted by atomic mass is 127. The zero-order valence-electron chi connectivity index (χ0n) is 12.5. The van der Waals surface area contributed by atoms with E-state index in [4.69, 9.17) is 11.6 Å². The van der Waals surface area contributed by atoms with Crippen LogP contribution in [-0.4, -0.2) is 6.54 Å². The van der Waals surface area contributed by atoms with Crippen LogP contribution in [0, 0.1) is 10.5 Å². The second-order valence-corrected chi connectivity index (χ2v) is 6.77. The molecule has 0 aromatic heterocycles. The quantitative estimate of drug-likeness (QED) is 0.613. The van der Waals surface area contributed by atoms with Crippen molar-refractivity contribution >= 4 is 34.2 Å². The fourth-order valence-corrected chi connectivity index (χ4v) is 3.38. The van der Waals surface area contributed by atoms with E-state index in [1.54, 1.807) is 0 Å². The predicted octanol–water partition coefficient (Wildman–Crippen LogP) is 5.54. The Balaban J connectivity index is 2.30. The summed E-state index contributed by atoms with van der Waals surface area (Å²) in [6.45, 7) is 5.37. The van der Waals surface area contributed by atoms with Gasteiger partial charge in [-0.3, -0.25) is 0 Å². The van der Waals surface area contributed by atoms with E-state index in [-0.39, 0.29) is 0 Å². The van der Waals surface area contributed by atoms with Gasteiger partial charge in [0, 0.05) is 14.6 Å². The molecular weight excluding hydrogens is 393 g/mol. The molecular formula is C18H21ClIN. The van der Waals surface area contributed by atoms with Crippen LogP contribution in [0.25, 0.3) is 0 Å². The van der Waals surface area contributed by atoms with Crippen LogP contribution < -0.4 is 5.32 Å². The first-order chi connectivity index (χ1) is 10.1. The Bertz CT molecular complexity index is 598. The maximum atomic E-state index is 6.33. The van der Waals surface area contributed by atoms with E-state index in [0.717, 1.165) is 24.4 Å². The van der Waals surface area contributed by atoms with E-state index < -0.39 is 0 Å². The molecule has 0 aliphatic heterocycles. The molecule has 2 rings (SSSR count). The zero-order valence-corrected chi connectivity index (χ0v) is 15.4. The summed E-state index contributed by atoms with van der Waals surface area (Å²) in [6, 6.07) is 14.9. The molecule has 3 heteroatoms. The number of aryl methyl sites for hydroxylation is 1. The molecule has 1 unspecified atom stereocenters. The molecule has 0 heterocycles. The number of halogens is 2. The van der Waals surface area contributed by atoms with Crippen molar-refractivity contribution < 1.29 is 0 Å². The molecule has 0 fully saturated rings. The van der Waals surface area contributed by atoms with Gasteiger partial charge in [0.25, 0.3) is 0 Å². The molecule has 0 spiro atoms. The van der Waals surface area contributed by atoms with Gasteiger partial charge in [-0.15, -0.1) is 0 Å². The van der Waals surface area contributed by atoms with E-state index in [2.05, 4.69) is 72.1 Å². The maximum absolute atomic E-state index is 6.33. The predicted molar refractivity (Wildman–Crippen MR) is 100 cm³/mol. The van der Waals surface area contributed by atoms with Crippen LogP contribution in [0.4, 0.5) is 0 Å². The summed E-state index contributed by atoms with van der Waals surface area (Å²) in [6.07, 6.45) is 2.04. The molecule has 0 aliphatic carbocycles. The van der Waals surface area contributed by atoms with Crippen molar-refractivity contribution in [2.75, 3.05) is 6.54 Å². The minimum Gasteiger partial charge on any atom is -0.310 e. The molecule has 2 aromatic rings. The normalized spacial score (nSPS) is 12.4. The highest BCUT2D eigenvalue weighted by molar-refractivity contribution is 14.1. The Hall–Kier alpha value is -0.580. The SMILES string of the molecule is CCCNC(Cc1ccccc1Cl)c1cccc(C)c1I. The molecule has 112 valence electrons. The second-order valence-electron chi connectivity index (χ2n) is 5.28. The van der Waals surface area contributed by atoms with Gasteiger partial charge in [0.05, 0.1) is 0 Å². The standard InChI is InChI=1S/C18H21ClIN/c1-3-11-21-17(12-14-8-4-5-10-16(14)19)15-9-6-7-13(2)18(15)20/h4-10,17,21H,3,11-12H2,1-2H3. The zero-order chi connectivity index (χ0) is 15.2. The summed E-state index contributed by atoms with van der Waals surface area (Å²) in [7, 11) is 0. The van der Waals surface area contributed by atoms with Crippen molar-refractivity contribution in [1.29, 1.82) is 0 Å². The molecule has 1 atom stereocenters. The van der Waals surface area contributed by atoms with Crippen molar-refractivity contribution in [3.8, 4) is 0 Å². The van der Waals surface area contributed by atoms with Crippen LogP contribution in [0.1, 0.15) is 36.1 Å². The highest BCUT2D eigenvalue weighted by Gasteiger charge is 2.16. The Labute approximate surface area is 146 Å². The van der Waals surface area contributed by atoms with Crippen molar-refractivity contribution in [2.24, 2.45) is 0 Å². The third kappa shape index (κ3) is 4.44. The molecule has 1 N–H and O–H groups in total. The van der Waals surface area contributed by atoms with Crippen LogP contribution in [0.15, 0.2) is 42.5 Å². The van der Waals surface area contributed by atoms with E-state index in [0.29, 0.717) is 6.04 Å². The molecule has 0 bridgehead atoms. The van der Waals surface area contributed by atoms with Gasteiger partial charge in [0.2, 0.25) is 0 Å². The average molecular weight is 414 g/mol. The van der Waals surface area contributed by atoms with Crippen LogP contribution in [0.3, 0.4) is 0 Å². The first-order valence-electron chi connectivity index (χ1n) is 7.35. The van der Waals surface area contributed by atoms with Crippen LogP contribution >= 0.6 is 34.2 Å². The summed E-state index contributed by atoms with van der Waals surface area (Å²) in [5.74, 6) is 0. The van der Waals surface area contributed by atoms with Gasteiger partial charge in [-0.2, -0.15) is 0 Å². The van der Waals surface area contributed by atoms with Crippen molar-refractivity contribution in [1.82, 2.24) is 5.32 Å². The van der Waals surface area contributed by atoms with Gasteiger partial charge >= 0.3 is 0 Å². The minimum absolute atomic E-state index is 0.302. The van der Waals surface area contributed by atoms with Gasteiger partial charge in [0.1, 0.15) is 0 Å². The van der Waals surface area contributed by atoms with Gasteiger partial charge in [-0.25, -0.2) is 0 Å². The lowest BCUT2D eigenvalue weighted by Gasteiger charge is -2.22. The molecule has 2 aromatic carbocycles. The van der Waals surface area contributed by atoms with Crippen LogP contribution in [0.2, 0.25) is 5.02 Å². The first-order valence-corrected chi connectivity index (χ1v) is 8.81. The summed E-state index contributed by atoms with van der Waals surface area (Å²) in [5.41, 5.74) is 3.89. The topological polar surface area (TPSA) is 12.0 Å². The number of nitrogens with one attached hydrogen (secondary N) is 1. The lowest BCUT2D eigenvalue weighted by Crippen LogP contribution is -2.25. The van der Waals surface area contributed by atoms with Crippen molar-refractivity contribution in [3.63, 3.8) is 0 Å². The summed E-state index contributed by atoms with van der Waals surface area (Å²) >= 11 is 8.78. The molecule has 21 heavy (non-hydrogen) atoms. The highest BCUT2D eigenvalue weighted by Crippen LogP contribution is 2.28. The van der Waals surface area contributed by atoms with Gasteiger partial charge < -0.3 is 5.32 Å². The largest absolute Gasteiger partial charge is 0.310 e. The third-order valence-corrected chi connectivity index (χ3v) is 5.46. The maximum Gasteiger partial charge on any atom is 0.0438 e. The molecule has 0 radical (unpaired) electrons. The van der Waals surface area contributed by atoms with Gasteiger partial charge in [-0.1, -0.05) is 54.9 Å². The summed E-state index contributed by atoms with van der Waals surface area (Å²) in [5, 5.41) is 4.52. The first kappa shape index (κ1) is 16.8. The second kappa shape index (κ2) is 8.16. The number of hydrogen-bond donors (Lipinski definition) is 1. The Morgan fingerprint density at radius 2 is 1.90 bits per heavy atom. The van der Waals surface area contributed by atoms with E-state index >= 15 is 0 Å². The summed E-state index contributed by atoms with van der Waals surface area (Å²) in [4.78, 5) is 0.